The summed E-state index contributed by atoms with van der Waals surface area (Å²) in [6.45, 7) is 8.94. The van der Waals surface area contributed by atoms with E-state index in [2.05, 4.69) is 39.8 Å². The Balaban J connectivity index is 2.40. The van der Waals surface area contributed by atoms with Crippen LogP contribution in [0.2, 0.25) is 0 Å². The maximum absolute atomic E-state index is 12.1. The van der Waals surface area contributed by atoms with E-state index < -0.39 is 7.80 Å². The molecule has 2 atom stereocenters. The second-order valence-electron chi connectivity index (χ2n) is 6.18. The fraction of sp³-hybridized carbons (Fsp3) is 0.600. The van der Waals surface area contributed by atoms with E-state index in [1.165, 1.54) is 5.56 Å². The average Bonchev–Trinajstić information content (AvgIpc) is 2.15. The van der Waals surface area contributed by atoms with Gasteiger partial charge in [-0.1, -0.05) is 62.6 Å². The molecular formula is C15H24OP+. The standard InChI is InChI=1S/C15H24OP/c1-13(10-15(2,3)4)11-17(16)12-14-8-6-5-7-9-14/h5-9,13H,10-12H2,1-4H3/q+1. The molecule has 2 unspecified atom stereocenters. The molecule has 17 heavy (non-hydrogen) atoms. The zero-order valence-corrected chi connectivity index (χ0v) is 12.3. The smallest absolute Gasteiger partial charge is 0.0744 e. The fourth-order valence-corrected chi connectivity index (χ4v) is 3.88. The van der Waals surface area contributed by atoms with Gasteiger partial charge in [0.15, 0.2) is 6.16 Å². The van der Waals surface area contributed by atoms with Crippen LogP contribution in [0.5, 0.6) is 0 Å². The van der Waals surface area contributed by atoms with Crippen LogP contribution in [-0.2, 0) is 10.7 Å². The molecule has 0 N–H and O–H groups in total. The van der Waals surface area contributed by atoms with Crippen LogP contribution in [0, 0.1) is 11.3 Å². The summed E-state index contributed by atoms with van der Waals surface area (Å²) in [7, 11) is -1.10. The van der Waals surface area contributed by atoms with Gasteiger partial charge in [-0.3, -0.25) is 0 Å². The summed E-state index contributed by atoms with van der Waals surface area (Å²) in [5, 5.41) is 0. The van der Waals surface area contributed by atoms with E-state index in [9.17, 15) is 4.57 Å². The van der Waals surface area contributed by atoms with Gasteiger partial charge in [0.1, 0.15) is 6.16 Å². The first-order valence-electron chi connectivity index (χ1n) is 6.33. The van der Waals surface area contributed by atoms with Gasteiger partial charge in [0, 0.05) is 5.92 Å². The molecule has 0 fully saturated rings. The Kier molecular flexibility index (Phi) is 5.33. The third-order valence-electron chi connectivity index (χ3n) is 2.68. The van der Waals surface area contributed by atoms with E-state index in [4.69, 9.17) is 0 Å². The number of hydrogen-bond donors (Lipinski definition) is 0. The number of rotatable bonds is 5. The average molecular weight is 251 g/mol. The topological polar surface area (TPSA) is 17.1 Å². The summed E-state index contributed by atoms with van der Waals surface area (Å²) in [5.41, 5.74) is 1.53. The Morgan fingerprint density at radius 1 is 1.18 bits per heavy atom. The lowest BCUT2D eigenvalue weighted by molar-refractivity contribution is 0.321. The van der Waals surface area contributed by atoms with Crippen LogP contribution < -0.4 is 0 Å². The molecule has 1 nitrogen and oxygen atoms in total. The fourth-order valence-electron chi connectivity index (χ4n) is 2.31. The molecule has 0 saturated heterocycles. The molecule has 0 amide bonds. The van der Waals surface area contributed by atoms with Gasteiger partial charge >= 0.3 is 7.80 Å². The number of benzene rings is 1. The molecule has 0 spiro atoms. The van der Waals surface area contributed by atoms with Gasteiger partial charge in [-0.05, 0) is 17.4 Å². The van der Waals surface area contributed by atoms with Crippen LogP contribution in [0.3, 0.4) is 0 Å². The molecule has 0 heterocycles. The van der Waals surface area contributed by atoms with E-state index in [-0.39, 0.29) is 0 Å². The second-order valence-corrected chi connectivity index (χ2v) is 7.82. The summed E-state index contributed by atoms with van der Waals surface area (Å²) >= 11 is 0. The number of hydrogen-bond acceptors (Lipinski definition) is 1. The molecule has 0 aliphatic rings. The van der Waals surface area contributed by atoms with E-state index >= 15 is 0 Å². The lowest BCUT2D eigenvalue weighted by atomic mass is 9.86. The van der Waals surface area contributed by atoms with Crippen LogP contribution in [0.15, 0.2) is 30.3 Å². The molecule has 94 valence electrons. The van der Waals surface area contributed by atoms with Crippen molar-refractivity contribution >= 4 is 7.80 Å². The first-order valence-corrected chi connectivity index (χ1v) is 7.96. The quantitative estimate of drug-likeness (QED) is 0.666. The molecule has 0 aliphatic heterocycles. The van der Waals surface area contributed by atoms with E-state index in [0.717, 1.165) is 18.7 Å². The van der Waals surface area contributed by atoms with Crippen molar-refractivity contribution in [2.75, 3.05) is 6.16 Å². The summed E-state index contributed by atoms with van der Waals surface area (Å²) in [4.78, 5) is 0. The molecule has 1 aromatic rings. The molecule has 0 saturated carbocycles. The molecule has 0 aromatic heterocycles. The van der Waals surface area contributed by atoms with Crippen LogP contribution in [-0.4, -0.2) is 6.16 Å². The lowest BCUT2D eigenvalue weighted by Crippen LogP contribution is -2.12. The minimum absolute atomic E-state index is 0.336. The summed E-state index contributed by atoms with van der Waals surface area (Å²) in [6, 6.07) is 10.1. The van der Waals surface area contributed by atoms with Crippen LogP contribution in [0.1, 0.15) is 39.7 Å². The van der Waals surface area contributed by atoms with Crippen molar-refractivity contribution in [2.24, 2.45) is 11.3 Å². The van der Waals surface area contributed by atoms with Crippen molar-refractivity contribution in [1.82, 2.24) is 0 Å². The summed E-state index contributed by atoms with van der Waals surface area (Å²) in [6.07, 6.45) is 2.72. The molecule has 0 aliphatic carbocycles. The normalized spacial score (nSPS) is 14.5. The van der Waals surface area contributed by atoms with Crippen molar-refractivity contribution in [2.45, 2.75) is 40.3 Å². The Morgan fingerprint density at radius 3 is 2.29 bits per heavy atom. The molecular weight excluding hydrogens is 227 g/mol. The van der Waals surface area contributed by atoms with Crippen molar-refractivity contribution < 1.29 is 4.57 Å². The van der Waals surface area contributed by atoms with Crippen molar-refractivity contribution in [1.29, 1.82) is 0 Å². The largest absolute Gasteiger partial charge is 0.343 e. The van der Waals surface area contributed by atoms with E-state index in [1.54, 1.807) is 0 Å². The molecule has 1 rings (SSSR count). The molecule has 0 bridgehead atoms. The highest BCUT2D eigenvalue weighted by atomic mass is 31.1. The van der Waals surface area contributed by atoms with Crippen LogP contribution in [0.4, 0.5) is 0 Å². The van der Waals surface area contributed by atoms with E-state index in [1.807, 2.05) is 18.2 Å². The second kappa shape index (κ2) is 6.31. The first kappa shape index (κ1) is 14.4. The van der Waals surface area contributed by atoms with Crippen molar-refractivity contribution in [3.8, 4) is 0 Å². The minimum Gasteiger partial charge on any atom is -0.0744 e. The molecule has 2 heteroatoms. The highest BCUT2D eigenvalue weighted by molar-refractivity contribution is 7.43. The van der Waals surface area contributed by atoms with Gasteiger partial charge in [0.2, 0.25) is 0 Å². The van der Waals surface area contributed by atoms with Crippen LogP contribution in [0.25, 0.3) is 0 Å². The third-order valence-corrected chi connectivity index (χ3v) is 4.43. The summed E-state index contributed by atoms with van der Waals surface area (Å²) < 4.78 is 12.1. The molecule has 0 radical (unpaired) electrons. The maximum atomic E-state index is 12.1. The van der Waals surface area contributed by atoms with Gasteiger partial charge < -0.3 is 0 Å². The Hall–Kier alpha value is -0.680. The predicted molar refractivity (Wildman–Crippen MR) is 75.9 cm³/mol. The monoisotopic (exact) mass is 251 g/mol. The third kappa shape index (κ3) is 6.58. The Bertz CT molecular complexity index is 351. The first-order chi connectivity index (χ1) is 7.87. The van der Waals surface area contributed by atoms with E-state index in [0.29, 0.717) is 11.3 Å². The highest BCUT2D eigenvalue weighted by Crippen LogP contribution is 2.33. The zero-order valence-electron chi connectivity index (χ0n) is 11.4. The minimum atomic E-state index is -1.10. The Morgan fingerprint density at radius 2 is 1.76 bits per heavy atom. The van der Waals surface area contributed by atoms with Gasteiger partial charge in [0.25, 0.3) is 0 Å². The Labute approximate surface area is 106 Å². The lowest BCUT2D eigenvalue weighted by Gasteiger charge is -2.20. The zero-order chi connectivity index (χ0) is 12.9. The molecule has 1 aromatic carbocycles. The maximum Gasteiger partial charge on any atom is 0.343 e. The predicted octanol–water partition coefficient (Wildman–Crippen LogP) is 5.09. The van der Waals surface area contributed by atoms with Gasteiger partial charge in [-0.2, -0.15) is 0 Å². The van der Waals surface area contributed by atoms with Gasteiger partial charge in [-0.15, -0.1) is 0 Å². The van der Waals surface area contributed by atoms with Crippen molar-refractivity contribution in [3.05, 3.63) is 35.9 Å². The highest BCUT2D eigenvalue weighted by Gasteiger charge is 2.24. The van der Waals surface area contributed by atoms with Crippen molar-refractivity contribution in [3.63, 3.8) is 0 Å². The van der Waals surface area contributed by atoms with Gasteiger partial charge in [0.05, 0.1) is 0 Å². The summed E-state index contributed by atoms with van der Waals surface area (Å²) in [5.74, 6) is 0.544. The van der Waals surface area contributed by atoms with Crippen LogP contribution >= 0.6 is 7.80 Å². The van der Waals surface area contributed by atoms with Gasteiger partial charge in [-0.25, -0.2) is 0 Å². The SMILES string of the molecule is CC(C[P+](=O)Cc1ccccc1)CC(C)(C)C.